The maximum atomic E-state index is 5.34. The largest absolute Gasteiger partial charge is 0.354 e. The van der Waals surface area contributed by atoms with Crippen molar-refractivity contribution >= 4 is 5.88 Å². The van der Waals surface area contributed by atoms with Crippen LogP contribution in [0.4, 0.5) is 5.88 Å². The molecular weight excluding hydrogens is 202 g/mol. The van der Waals surface area contributed by atoms with E-state index in [2.05, 4.69) is 15.5 Å². The molecule has 0 bridgehead atoms. The molecule has 3 heterocycles. The molecule has 2 aromatic heterocycles. The van der Waals surface area contributed by atoms with Crippen LogP contribution in [0, 0.1) is 0 Å². The zero-order valence-corrected chi connectivity index (χ0v) is 8.94. The molecule has 0 unspecified atom stereocenters. The summed E-state index contributed by atoms with van der Waals surface area (Å²) in [7, 11) is 0. The van der Waals surface area contributed by atoms with Gasteiger partial charge in [-0.2, -0.15) is 0 Å². The van der Waals surface area contributed by atoms with E-state index < -0.39 is 0 Å². The first-order chi connectivity index (χ1) is 7.95. The maximum Gasteiger partial charge on any atom is 0.228 e. The van der Waals surface area contributed by atoms with Crippen molar-refractivity contribution in [3.63, 3.8) is 0 Å². The maximum absolute atomic E-state index is 5.34. The number of nitrogens with zero attached hydrogens (tertiary/aromatic N) is 2. The molecular formula is C12H13N3O. The molecule has 0 aliphatic carbocycles. The molecule has 1 aliphatic heterocycles. The molecule has 1 aliphatic rings. The van der Waals surface area contributed by atoms with Gasteiger partial charge in [0.05, 0.1) is 0 Å². The van der Waals surface area contributed by atoms with Crippen molar-refractivity contribution in [3.8, 4) is 11.3 Å². The van der Waals surface area contributed by atoms with Gasteiger partial charge in [-0.3, -0.25) is 4.98 Å². The van der Waals surface area contributed by atoms with Crippen molar-refractivity contribution in [2.45, 2.75) is 19.3 Å². The molecule has 0 saturated carbocycles. The highest BCUT2D eigenvalue weighted by Gasteiger charge is 2.18. The number of hydrogen-bond donors (Lipinski definition) is 1. The number of anilines is 1. The van der Waals surface area contributed by atoms with Crippen LogP contribution in [0.1, 0.15) is 18.4 Å². The van der Waals surface area contributed by atoms with Crippen molar-refractivity contribution in [2.24, 2.45) is 0 Å². The first-order valence-corrected chi connectivity index (χ1v) is 5.58. The first kappa shape index (κ1) is 9.39. The van der Waals surface area contributed by atoms with Crippen LogP contribution in [0.2, 0.25) is 0 Å². The summed E-state index contributed by atoms with van der Waals surface area (Å²) in [5, 5.41) is 7.41. The van der Waals surface area contributed by atoms with Crippen LogP contribution in [-0.4, -0.2) is 16.7 Å². The molecule has 0 aromatic carbocycles. The summed E-state index contributed by atoms with van der Waals surface area (Å²) in [4.78, 5) is 4.01. The Hall–Kier alpha value is -1.84. The molecule has 1 N–H and O–H groups in total. The molecule has 2 aromatic rings. The van der Waals surface area contributed by atoms with E-state index >= 15 is 0 Å². The van der Waals surface area contributed by atoms with Crippen molar-refractivity contribution in [1.82, 2.24) is 10.1 Å². The van der Waals surface area contributed by atoms with Crippen LogP contribution in [0.5, 0.6) is 0 Å². The molecule has 0 saturated heterocycles. The van der Waals surface area contributed by atoms with Gasteiger partial charge < -0.3 is 9.84 Å². The molecule has 82 valence electrons. The van der Waals surface area contributed by atoms with E-state index in [9.17, 15) is 0 Å². The molecule has 4 heteroatoms. The number of fused-ring (bicyclic) bond motifs is 1. The summed E-state index contributed by atoms with van der Waals surface area (Å²) >= 11 is 0. The third-order valence-electron chi connectivity index (χ3n) is 2.88. The van der Waals surface area contributed by atoms with Gasteiger partial charge in [0, 0.05) is 30.1 Å². The Kier molecular flexibility index (Phi) is 2.33. The zero-order valence-electron chi connectivity index (χ0n) is 8.94. The normalized spacial score (nSPS) is 15.0. The van der Waals surface area contributed by atoms with Crippen LogP contribution in [0.15, 0.2) is 29.0 Å². The summed E-state index contributed by atoms with van der Waals surface area (Å²) in [5.74, 6) is 0.837. The average Bonchev–Trinajstić information content (AvgIpc) is 2.60. The van der Waals surface area contributed by atoms with E-state index in [1.165, 1.54) is 18.4 Å². The number of pyridine rings is 1. The second-order valence-electron chi connectivity index (χ2n) is 3.96. The first-order valence-electron chi connectivity index (χ1n) is 5.58. The van der Waals surface area contributed by atoms with Crippen LogP contribution >= 0.6 is 0 Å². The van der Waals surface area contributed by atoms with Crippen molar-refractivity contribution in [2.75, 3.05) is 11.9 Å². The van der Waals surface area contributed by atoms with Crippen molar-refractivity contribution in [1.29, 1.82) is 0 Å². The number of aromatic nitrogens is 2. The summed E-state index contributed by atoms with van der Waals surface area (Å²) < 4.78 is 5.34. The van der Waals surface area contributed by atoms with Gasteiger partial charge in [0.2, 0.25) is 5.88 Å². The van der Waals surface area contributed by atoms with Gasteiger partial charge in [-0.05, 0) is 31.4 Å². The highest BCUT2D eigenvalue weighted by atomic mass is 16.5. The van der Waals surface area contributed by atoms with Crippen LogP contribution in [0.25, 0.3) is 11.3 Å². The summed E-state index contributed by atoms with van der Waals surface area (Å²) in [6.45, 7) is 0.970. The third kappa shape index (κ3) is 1.56. The fourth-order valence-electron chi connectivity index (χ4n) is 2.05. The van der Waals surface area contributed by atoms with Gasteiger partial charge in [0.15, 0.2) is 0 Å². The molecule has 0 amide bonds. The molecule has 16 heavy (non-hydrogen) atoms. The van der Waals surface area contributed by atoms with E-state index in [-0.39, 0.29) is 0 Å². The van der Waals surface area contributed by atoms with Crippen molar-refractivity contribution < 1.29 is 4.52 Å². The minimum absolute atomic E-state index is 0.837. The second-order valence-corrected chi connectivity index (χ2v) is 3.96. The lowest BCUT2D eigenvalue weighted by atomic mass is 10.1. The third-order valence-corrected chi connectivity index (χ3v) is 2.88. The number of hydrogen-bond acceptors (Lipinski definition) is 4. The van der Waals surface area contributed by atoms with Gasteiger partial charge >= 0.3 is 0 Å². The van der Waals surface area contributed by atoms with Crippen LogP contribution in [-0.2, 0) is 6.42 Å². The fourth-order valence-corrected chi connectivity index (χ4v) is 2.05. The van der Waals surface area contributed by atoms with E-state index in [0.717, 1.165) is 30.1 Å². The van der Waals surface area contributed by atoms with Gasteiger partial charge in [0.25, 0.3) is 0 Å². The molecule has 0 fully saturated rings. The Bertz CT molecular complexity index is 478. The lowest BCUT2D eigenvalue weighted by molar-refractivity contribution is 0.434. The van der Waals surface area contributed by atoms with Crippen molar-refractivity contribution in [3.05, 3.63) is 30.1 Å². The highest BCUT2D eigenvalue weighted by molar-refractivity contribution is 5.67. The van der Waals surface area contributed by atoms with Gasteiger partial charge in [-0.15, -0.1) is 0 Å². The summed E-state index contributed by atoms with van der Waals surface area (Å²) in [6, 6.07) is 3.92. The smallest absolute Gasteiger partial charge is 0.228 e. The van der Waals surface area contributed by atoms with Crippen LogP contribution < -0.4 is 5.32 Å². The Balaban J connectivity index is 2.06. The number of rotatable bonds is 1. The minimum Gasteiger partial charge on any atom is -0.354 e. The fraction of sp³-hybridized carbons (Fsp3) is 0.333. The van der Waals surface area contributed by atoms with E-state index in [1.807, 2.05) is 12.1 Å². The second kappa shape index (κ2) is 3.96. The summed E-state index contributed by atoms with van der Waals surface area (Å²) in [6.07, 6.45) is 6.95. The lowest BCUT2D eigenvalue weighted by Crippen LogP contribution is -1.97. The Morgan fingerprint density at radius 3 is 2.94 bits per heavy atom. The zero-order chi connectivity index (χ0) is 10.8. The predicted molar refractivity (Wildman–Crippen MR) is 61.2 cm³/mol. The van der Waals surface area contributed by atoms with E-state index in [4.69, 9.17) is 4.52 Å². The molecule has 0 radical (unpaired) electrons. The molecule has 0 atom stereocenters. The van der Waals surface area contributed by atoms with Gasteiger partial charge in [0.1, 0.15) is 5.69 Å². The average molecular weight is 215 g/mol. The van der Waals surface area contributed by atoms with Gasteiger partial charge in [-0.1, -0.05) is 5.16 Å². The number of nitrogens with one attached hydrogen (secondary N) is 1. The summed E-state index contributed by atoms with van der Waals surface area (Å²) in [5.41, 5.74) is 3.22. The molecule has 3 rings (SSSR count). The van der Waals surface area contributed by atoms with Crippen LogP contribution in [0.3, 0.4) is 0 Å². The quantitative estimate of drug-likeness (QED) is 0.794. The van der Waals surface area contributed by atoms with E-state index in [0.29, 0.717) is 0 Å². The van der Waals surface area contributed by atoms with E-state index in [1.54, 1.807) is 12.4 Å². The van der Waals surface area contributed by atoms with Gasteiger partial charge in [-0.25, -0.2) is 0 Å². The highest BCUT2D eigenvalue weighted by Crippen LogP contribution is 2.31. The SMILES string of the molecule is c1cc(-c2noc3c2CCCCN3)ccn1. The Morgan fingerprint density at radius 1 is 1.19 bits per heavy atom. The molecule has 4 nitrogen and oxygen atoms in total. The Labute approximate surface area is 93.7 Å². The standard InChI is InChI=1S/C12H13N3O/c1-2-6-14-12-10(3-1)11(15-16-12)9-4-7-13-8-5-9/h4-5,7-8,14H,1-3,6H2. The monoisotopic (exact) mass is 215 g/mol. The lowest BCUT2D eigenvalue weighted by Gasteiger charge is -1.99. The molecule has 0 spiro atoms. The Morgan fingerprint density at radius 2 is 2.06 bits per heavy atom. The topological polar surface area (TPSA) is 51.0 Å². The predicted octanol–water partition coefficient (Wildman–Crippen LogP) is 2.48. The minimum atomic E-state index is 0.837.